The Balaban J connectivity index is 2.98. The molecule has 0 saturated carbocycles. The van der Waals surface area contributed by atoms with Crippen LogP contribution in [-0.2, 0) is 30.4 Å². The van der Waals surface area contributed by atoms with Crippen molar-refractivity contribution in [3.05, 3.63) is 35.9 Å². The Bertz CT molecular complexity index is 823. The van der Waals surface area contributed by atoms with Gasteiger partial charge in [0.25, 0.3) is 0 Å². The molecule has 1 atom stereocenters. The highest BCUT2D eigenvalue weighted by Gasteiger charge is 2.31. The summed E-state index contributed by atoms with van der Waals surface area (Å²) in [5.41, 5.74) is -1.41. The smallest absolute Gasteiger partial charge is 0.445 e. The lowest BCUT2D eigenvalue weighted by atomic mass is 10.2. The van der Waals surface area contributed by atoms with Gasteiger partial charge in [-0.3, -0.25) is 0 Å². The Morgan fingerprint density at radius 1 is 0.857 bits per heavy atom. The van der Waals surface area contributed by atoms with Crippen molar-refractivity contribution in [2.45, 2.75) is 91.8 Å². The number of amides is 2. The summed E-state index contributed by atoms with van der Waals surface area (Å²) in [7, 11) is 0. The van der Waals surface area contributed by atoms with Gasteiger partial charge in [-0.15, -0.1) is 5.06 Å². The van der Waals surface area contributed by atoms with Gasteiger partial charge in [0, 0.05) is 0 Å². The highest BCUT2D eigenvalue weighted by molar-refractivity contribution is 5.71. The first-order valence-corrected chi connectivity index (χ1v) is 11.5. The average Bonchev–Trinajstić information content (AvgIpc) is 2.67. The van der Waals surface area contributed by atoms with Crippen molar-refractivity contribution in [3.63, 3.8) is 0 Å². The minimum Gasteiger partial charge on any atom is -0.445 e. The first-order valence-electron chi connectivity index (χ1n) is 11.5. The van der Waals surface area contributed by atoms with E-state index in [9.17, 15) is 14.4 Å². The Hall–Kier alpha value is -3.01. The van der Waals surface area contributed by atoms with Crippen LogP contribution in [0.25, 0.3) is 0 Å². The van der Waals surface area contributed by atoms with Crippen LogP contribution in [0.1, 0.15) is 67.9 Å². The molecule has 0 spiro atoms. The molecule has 0 radical (unpaired) electrons. The number of hydrogen-bond donors (Lipinski definition) is 1. The van der Waals surface area contributed by atoms with Crippen LogP contribution in [0.2, 0.25) is 0 Å². The van der Waals surface area contributed by atoms with Crippen LogP contribution in [0.5, 0.6) is 0 Å². The van der Waals surface area contributed by atoms with Gasteiger partial charge in [-0.05, 0) is 67.9 Å². The van der Waals surface area contributed by atoms with E-state index in [0.29, 0.717) is 5.06 Å². The molecule has 1 aromatic carbocycles. The first-order chi connectivity index (χ1) is 15.9. The molecule has 0 fully saturated rings. The number of carbonyl (C=O) groups is 3. The predicted molar refractivity (Wildman–Crippen MR) is 130 cm³/mol. The fraction of sp³-hybridized carbons (Fsp3) is 0.640. The van der Waals surface area contributed by atoms with Crippen molar-refractivity contribution < 1.29 is 38.2 Å². The molecular weight excluding hydrogens is 456 g/mol. The molecule has 1 aromatic rings. The van der Waals surface area contributed by atoms with E-state index in [0.717, 1.165) is 5.56 Å². The molecule has 0 saturated heterocycles. The quantitative estimate of drug-likeness (QED) is 0.311. The van der Waals surface area contributed by atoms with Crippen molar-refractivity contribution in [2.24, 2.45) is 0 Å². The fourth-order valence-electron chi connectivity index (χ4n) is 2.44. The van der Waals surface area contributed by atoms with Gasteiger partial charge in [-0.1, -0.05) is 30.3 Å². The molecule has 0 aromatic heterocycles. The first kappa shape index (κ1) is 30.0. The second kappa shape index (κ2) is 12.6. The molecular formula is C25H40N2O8. The third kappa shape index (κ3) is 14.8. The van der Waals surface area contributed by atoms with Gasteiger partial charge in [-0.2, -0.15) is 0 Å². The van der Waals surface area contributed by atoms with Crippen molar-refractivity contribution in [1.82, 2.24) is 10.4 Å². The zero-order valence-corrected chi connectivity index (χ0v) is 22.3. The summed E-state index contributed by atoms with van der Waals surface area (Å²) in [6.07, 6.45) is -2.74. The van der Waals surface area contributed by atoms with Crippen LogP contribution in [-0.4, -0.2) is 59.4 Å². The van der Waals surface area contributed by atoms with Crippen LogP contribution in [0.3, 0.4) is 0 Å². The highest BCUT2D eigenvalue weighted by Crippen LogP contribution is 2.15. The maximum atomic E-state index is 12.8. The van der Waals surface area contributed by atoms with Crippen molar-refractivity contribution in [2.75, 3.05) is 13.2 Å². The van der Waals surface area contributed by atoms with Crippen molar-refractivity contribution >= 4 is 18.3 Å². The predicted octanol–water partition coefficient (Wildman–Crippen LogP) is 5.20. The Morgan fingerprint density at radius 2 is 1.43 bits per heavy atom. The zero-order chi connectivity index (χ0) is 26.9. The minimum atomic E-state index is -1.09. The number of alkyl carbamates (subject to hydrolysis) is 1. The fourth-order valence-corrected chi connectivity index (χ4v) is 2.44. The molecule has 10 nitrogen and oxygen atoms in total. The maximum Gasteiger partial charge on any atom is 0.534 e. The van der Waals surface area contributed by atoms with Gasteiger partial charge < -0.3 is 29.1 Å². The lowest BCUT2D eigenvalue weighted by molar-refractivity contribution is -0.142. The summed E-state index contributed by atoms with van der Waals surface area (Å²) >= 11 is 0. The van der Waals surface area contributed by atoms with E-state index >= 15 is 0 Å². The molecule has 2 amide bonds. The SMILES string of the molecule is CC(C)(C)OCC(CN(OC(=O)OC(C)(C)C)C(=O)OC(C)(C)C)NC(=O)OCc1ccccc1. The molecule has 10 heteroatoms. The lowest BCUT2D eigenvalue weighted by Gasteiger charge is -2.30. The second-order valence-corrected chi connectivity index (χ2v) is 10.9. The summed E-state index contributed by atoms with van der Waals surface area (Å²) in [5, 5.41) is 3.36. The number of benzene rings is 1. The third-order valence-electron chi connectivity index (χ3n) is 3.81. The van der Waals surface area contributed by atoms with E-state index in [2.05, 4.69) is 5.32 Å². The third-order valence-corrected chi connectivity index (χ3v) is 3.81. The van der Waals surface area contributed by atoms with Gasteiger partial charge in [-0.25, -0.2) is 14.4 Å². The normalized spacial score (nSPS) is 12.8. The van der Waals surface area contributed by atoms with Crippen LogP contribution < -0.4 is 5.32 Å². The van der Waals surface area contributed by atoms with Gasteiger partial charge in [0.15, 0.2) is 0 Å². The number of rotatable bonds is 7. The monoisotopic (exact) mass is 496 g/mol. The van der Waals surface area contributed by atoms with Crippen LogP contribution in [0.15, 0.2) is 30.3 Å². The molecule has 0 bridgehead atoms. The van der Waals surface area contributed by atoms with Gasteiger partial charge in [0.1, 0.15) is 17.8 Å². The number of hydroxylamine groups is 2. The molecule has 198 valence electrons. The van der Waals surface area contributed by atoms with Crippen molar-refractivity contribution in [3.8, 4) is 0 Å². The number of carbonyl (C=O) groups excluding carboxylic acids is 3. The summed E-state index contributed by atoms with van der Waals surface area (Å²) in [5.74, 6) is 0. The van der Waals surface area contributed by atoms with Crippen molar-refractivity contribution in [1.29, 1.82) is 0 Å². The molecule has 0 aliphatic heterocycles. The second-order valence-electron chi connectivity index (χ2n) is 10.9. The summed E-state index contributed by atoms with van der Waals surface area (Å²) in [4.78, 5) is 42.7. The zero-order valence-electron chi connectivity index (χ0n) is 22.3. The number of nitrogens with zero attached hydrogens (tertiary/aromatic N) is 1. The molecule has 0 aliphatic rings. The molecule has 1 N–H and O–H groups in total. The lowest BCUT2D eigenvalue weighted by Crippen LogP contribution is -2.50. The number of hydrogen-bond acceptors (Lipinski definition) is 8. The van der Waals surface area contributed by atoms with Gasteiger partial charge >= 0.3 is 18.3 Å². The van der Waals surface area contributed by atoms with E-state index in [1.807, 2.05) is 51.1 Å². The van der Waals surface area contributed by atoms with E-state index in [1.165, 1.54) is 0 Å². The molecule has 1 rings (SSSR count). The standard InChI is InChI=1S/C25H40N2O8/c1-23(2,3)32-17-19(26-20(28)31-16-18-13-11-10-12-14-18)15-27(21(29)33-24(4,5)6)35-22(30)34-25(7,8)9/h10-14,19H,15-17H2,1-9H3,(H,26,28). The largest absolute Gasteiger partial charge is 0.534 e. The maximum absolute atomic E-state index is 12.8. The van der Waals surface area contributed by atoms with E-state index in [4.69, 9.17) is 23.8 Å². The number of ether oxygens (including phenoxy) is 4. The van der Waals surface area contributed by atoms with E-state index in [1.54, 1.807) is 41.5 Å². The Kier molecular flexibility index (Phi) is 10.8. The minimum absolute atomic E-state index is 0.000906. The molecule has 0 aliphatic carbocycles. The van der Waals surface area contributed by atoms with E-state index < -0.39 is 41.2 Å². The molecule has 35 heavy (non-hydrogen) atoms. The Morgan fingerprint density at radius 3 is 1.94 bits per heavy atom. The Labute approximate surface area is 208 Å². The summed E-state index contributed by atoms with van der Waals surface area (Å²) in [6.45, 7) is 15.3. The highest BCUT2D eigenvalue weighted by atomic mass is 16.8. The molecule has 1 unspecified atom stereocenters. The summed E-state index contributed by atoms with van der Waals surface area (Å²) in [6, 6.07) is 8.39. The van der Waals surface area contributed by atoms with Gasteiger partial charge in [0.05, 0.1) is 24.8 Å². The van der Waals surface area contributed by atoms with Gasteiger partial charge in [0.2, 0.25) is 0 Å². The van der Waals surface area contributed by atoms with Crippen LogP contribution >= 0.6 is 0 Å². The van der Waals surface area contributed by atoms with Crippen LogP contribution in [0.4, 0.5) is 14.4 Å². The van der Waals surface area contributed by atoms with Crippen LogP contribution in [0, 0.1) is 0 Å². The summed E-state index contributed by atoms with van der Waals surface area (Å²) < 4.78 is 21.6. The van der Waals surface area contributed by atoms with E-state index in [-0.39, 0.29) is 19.8 Å². The average molecular weight is 497 g/mol. The number of nitrogens with one attached hydrogen (secondary N) is 1. The molecule has 0 heterocycles. The topological polar surface area (TPSA) is 113 Å².